The number of ether oxygens (including phenoxy) is 4. The van der Waals surface area contributed by atoms with E-state index in [0.29, 0.717) is 12.2 Å². The van der Waals surface area contributed by atoms with Crippen molar-refractivity contribution in [3.8, 4) is 5.75 Å². The average molecular weight is 683 g/mol. The Morgan fingerprint density at radius 2 is 1.51 bits per heavy atom. The predicted molar refractivity (Wildman–Crippen MR) is 182 cm³/mol. The summed E-state index contributed by atoms with van der Waals surface area (Å²) in [4.78, 5) is 68.8. The van der Waals surface area contributed by atoms with Crippen LogP contribution in [0.1, 0.15) is 65.5 Å². The number of amides is 4. The molecule has 0 spiro atoms. The summed E-state index contributed by atoms with van der Waals surface area (Å²) < 4.78 is 21.4. The predicted octanol–water partition coefficient (Wildman–Crippen LogP) is 4.22. The third-order valence-corrected chi connectivity index (χ3v) is 7.33. The lowest BCUT2D eigenvalue weighted by Gasteiger charge is -2.42. The van der Waals surface area contributed by atoms with Crippen LogP contribution in [0.3, 0.4) is 0 Å². The second kappa shape index (κ2) is 17.5. The van der Waals surface area contributed by atoms with Crippen molar-refractivity contribution in [1.29, 1.82) is 0 Å². The van der Waals surface area contributed by atoms with Crippen LogP contribution in [-0.2, 0) is 41.6 Å². The molecular weight excluding hydrogens is 632 g/mol. The number of benzene rings is 2. The molecule has 2 N–H and O–H groups in total. The van der Waals surface area contributed by atoms with Crippen molar-refractivity contribution in [2.45, 2.75) is 90.7 Å². The molecule has 1 aliphatic heterocycles. The van der Waals surface area contributed by atoms with Crippen molar-refractivity contribution >= 4 is 30.0 Å². The highest BCUT2D eigenvalue weighted by Gasteiger charge is 2.41. The first-order valence-electron chi connectivity index (χ1n) is 16.4. The highest BCUT2D eigenvalue weighted by molar-refractivity contribution is 5.93. The molecule has 1 unspecified atom stereocenters. The van der Waals surface area contributed by atoms with Crippen molar-refractivity contribution in [3.63, 3.8) is 0 Å². The maximum Gasteiger partial charge on any atom is 0.408 e. The molecule has 268 valence electrons. The lowest BCUT2D eigenvalue weighted by Crippen LogP contribution is -2.63. The van der Waals surface area contributed by atoms with Gasteiger partial charge in [-0.1, -0.05) is 42.5 Å². The van der Waals surface area contributed by atoms with Gasteiger partial charge in [0.2, 0.25) is 11.8 Å². The monoisotopic (exact) mass is 682 g/mol. The smallest absolute Gasteiger partial charge is 0.408 e. The van der Waals surface area contributed by atoms with Crippen LogP contribution >= 0.6 is 0 Å². The Balaban J connectivity index is 1.81. The van der Waals surface area contributed by atoms with Gasteiger partial charge in [-0.3, -0.25) is 14.4 Å². The van der Waals surface area contributed by atoms with Gasteiger partial charge in [0.1, 0.15) is 42.2 Å². The molecule has 1 fully saturated rings. The van der Waals surface area contributed by atoms with Gasteiger partial charge in [0.15, 0.2) is 0 Å². The fraction of sp³-hybridized carbons (Fsp3) is 0.528. The molecule has 1 aliphatic rings. The standard InChI is InChI=1S/C36H50N4O9/c1-35(2,3)48-30(41)23-39-20-21-40(29(32(39)43)14-11-19-37-33(44)49-36(4,5)6)31(42)28(22-25-15-17-27(46-7)18-16-25)38-34(45)47-24-26-12-9-8-10-13-26/h8-10,12-13,15-18,28-29H,11,14,19-24H2,1-7H3,(H,37,44)(H,38,45)/t28?,29-/m0/s1. The van der Waals surface area contributed by atoms with Crippen LogP contribution in [0.4, 0.5) is 9.59 Å². The second-order valence-corrected chi connectivity index (χ2v) is 13.8. The van der Waals surface area contributed by atoms with Crippen molar-refractivity contribution in [1.82, 2.24) is 20.4 Å². The number of methoxy groups -OCH3 is 1. The molecule has 0 radical (unpaired) electrons. The summed E-state index contributed by atoms with van der Waals surface area (Å²) in [6, 6.07) is 14.2. The van der Waals surface area contributed by atoms with Gasteiger partial charge in [0.05, 0.1) is 7.11 Å². The Labute approximate surface area is 288 Å². The van der Waals surface area contributed by atoms with E-state index in [1.54, 1.807) is 72.9 Å². The number of carbonyl (C=O) groups excluding carboxylic acids is 5. The van der Waals surface area contributed by atoms with E-state index in [2.05, 4.69) is 10.6 Å². The molecule has 2 aromatic rings. The Kier molecular flexibility index (Phi) is 13.8. The van der Waals surface area contributed by atoms with E-state index >= 15 is 0 Å². The first-order valence-corrected chi connectivity index (χ1v) is 16.4. The van der Waals surface area contributed by atoms with Gasteiger partial charge in [-0.05, 0) is 77.6 Å². The quantitative estimate of drug-likeness (QED) is 0.180. The van der Waals surface area contributed by atoms with Gasteiger partial charge in [0, 0.05) is 26.1 Å². The van der Waals surface area contributed by atoms with E-state index in [0.717, 1.165) is 11.1 Å². The average Bonchev–Trinajstić information content (AvgIpc) is 3.02. The highest BCUT2D eigenvalue weighted by Crippen LogP contribution is 2.21. The van der Waals surface area contributed by atoms with Gasteiger partial charge in [0.25, 0.3) is 0 Å². The third-order valence-electron chi connectivity index (χ3n) is 7.33. The number of carbonyl (C=O) groups is 5. The molecule has 1 saturated heterocycles. The number of alkyl carbamates (subject to hydrolysis) is 2. The minimum atomic E-state index is -1.08. The minimum Gasteiger partial charge on any atom is -0.497 e. The molecule has 3 rings (SSSR count). The second-order valence-electron chi connectivity index (χ2n) is 13.8. The fourth-order valence-electron chi connectivity index (χ4n) is 5.17. The van der Waals surface area contributed by atoms with Crippen LogP contribution in [0.5, 0.6) is 5.75 Å². The summed E-state index contributed by atoms with van der Waals surface area (Å²) >= 11 is 0. The van der Waals surface area contributed by atoms with Gasteiger partial charge >= 0.3 is 18.2 Å². The van der Waals surface area contributed by atoms with Gasteiger partial charge < -0.3 is 39.4 Å². The lowest BCUT2D eigenvalue weighted by atomic mass is 10.00. The molecule has 1 heterocycles. The number of esters is 1. The van der Waals surface area contributed by atoms with Crippen molar-refractivity contribution in [2.75, 3.05) is 33.3 Å². The van der Waals surface area contributed by atoms with Gasteiger partial charge in [-0.25, -0.2) is 9.59 Å². The highest BCUT2D eigenvalue weighted by atomic mass is 16.6. The molecule has 2 atom stereocenters. The SMILES string of the molecule is COc1ccc(CC(NC(=O)OCc2ccccc2)C(=O)N2CCN(CC(=O)OC(C)(C)C)C(=O)[C@@H]2CCCNC(=O)OC(C)(C)C)cc1. The fourth-order valence-corrected chi connectivity index (χ4v) is 5.17. The van der Waals surface area contributed by atoms with Crippen molar-refractivity contribution in [2.24, 2.45) is 0 Å². The molecule has 13 nitrogen and oxygen atoms in total. The van der Waals surface area contributed by atoms with Crippen LogP contribution in [0.2, 0.25) is 0 Å². The maximum absolute atomic E-state index is 14.3. The molecule has 0 aromatic heterocycles. The maximum atomic E-state index is 14.3. The van der Waals surface area contributed by atoms with E-state index < -0.39 is 53.3 Å². The topological polar surface area (TPSA) is 153 Å². The summed E-state index contributed by atoms with van der Waals surface area (Å²) in [5.41, 5.74) is 0.112. The van der Waals surface area contributed by atoms with Gasteiger partial charge in [-0.15, -0.1) is 0 Å². The van der Waals surface area contributed by atoms with Crippen molar-refractivity contribution in [3.05, 3.63) is 65.7 Å². The van der Waals surface area contributed by atoms with E-state index in [4.69, 9.17) is 18.9 Å². The number of nitrogens with zero attached hydrogens (tertiary/aromatic N) is 2. The van der Waals surface area contributed by atoms with E-state index in [-0.39, 0.29) is 45.6 Å². The third kappa shape index (κ3) is 13.3. The summed E-state index contributed by atoms with van der Waals surface area (Å²) in [5, 5.41) is 5.39. The number of hydrogen-bond donors (Lipinski definition) is 2. The molecule has 49 heavy (non-hydrogen) atoms. The molecule has 0 saturated carbocycles. The van der Waals surface area contributed by atoms with Crippen molar-refractivity contribution < 1.29 is 42.9 Å². The molecule has 0 aliphatic carbocycles. The first-order chi connectivity index (χ1) is 23.0. The van der Waals surface area contributed by atoms with E-state index in [9.17, 15) is 24.0 Å². The molecule has 4 amide bonds. The van der Waals surface area contributed by atoms with Crippen LogP contribution in [-0.4, -0.2) is 96.3 Å². The Hall–Kier alpha value is -4.81. The minimum absolute atomic E-state index is 0.00518. The van der Waals surface area contributed by atoms with E-state index in [1.165, 1.54) is 9.80 Å². The molecule has 0 bridgehead atoms. The number of piperazine rings is 1. The Bertz CT molecular complexity index is 1420. The summed E-state index contributed by atoms with van der Waals surface area (Å²) in [6.45, 7) is 10.6. The zero-order valence-electron chi connectivity index (χ0n) is 29.6. The van der Waals surface area contributed by atoms with E-state index in [1.807, 2.05) is 30.3 Å². The molecule has 13 heteroatoms. The number of hydrogen-bond acceptors (Lipinski definition) is 9. The van der Waals surface area contributed by atoms with Crippen LogP contribution in [0.15, 0.2) is 54.6 Å². The van der Waals surface area contributed by atoms with Crippen LogP contribution in [0, 0.1) is 0 Å². The Morgan fingerprint density at radius 1 is 0.857 bits per heavy atom. The van der Waals surface area contributed by atoms with Crippen LogP contribution < -0.4 is 15.4 Å². The zero-order valence-corrected chi connectivity index (χ0v) is 29.6. The zero-order chi connectivity index (χ0) is 36.2. The number of nitrogens with one attached hydrogen (secondary N) is 2. The summed E-state index contributed by atoms with van der Waals surface area (Å²) in [5.74, 6) is -0.847. The summed E-state index contributed by atoms with van der Waals surface area (Å²) in [6.07, 6.45) is -0.764. The lowest BCUT2D eigenvalue weighted by molar-refractivity contribution is -0.163. The largest absolute Gasteiger partial charge is 0.497 e. The summed E-state index contributed by atoms with van der Waals surface area (Å²) in [7, 11) is 1.55. The molecule has 2 aromatic carbocycles. The van der Waals surface area contributed by atoms with Crippen LogP contribution in [0.25, 0.3) is 0 Å². The normalized spacial score (nSPS) is 15.6. The first kappa shape index (κ1) is 38.6. The number of rotatable bonds is 13. The molecular formula is C36H50N4O9. The van der Waals surface area contributed by atoms with Gasteiger partial charge in [-0.2, -0.15) is 0 Å². The Morgan fingerprint density at radius 3 is 2.12 bits per heavy atom.